The molecular formula is C26H20N4O2. The zero-order valence-corrected chi connectivity index (χ0v) is 17.4. The van der Waals surface area contributed by atoms with Crippen molar-refractivity contribution in [3.8, 4) is 28.8 Å². The molecule has 1 aromatic heterocycles. The van der Waals surface area contributed by atoms with Crippen LogP contribution in [0.3, 0.4) is 0 Å². The van der Waals surface area contributed by atoms with E-state index in [9.17, 15) is 10.1 Å². The zero-order valence-electron chi connectivity index (χ0n) is 17.4. The third kappa shape index (κ3) is 4.58. The number of amides is 1. The Labute approximate surface area is 186 Å². The number of nitriles is 1. The Morgan fingerprint density at radius 2 is 1.66 bits per heavy atom. The highest BCUT2D eigenvalue weighted by Gasteiger charge is 2.16. The fraction of sp³-hybridized carbons (Fsp3) is 0.0385. The van der Waals surface area contributed by atoms with Crippen molar-refractivity contribution in [3.05, 3.63) is 102 Å². The summed E-state index contributed by atoms with van der Waals surface area (Å²) in [7, 11) is 1.58. The van der Waals surface area contributed by atoms with Crippen molar-refractivity contribution in [1.29, 1.82) is 5.26 Å². The Morgan fingerprint density at radius 3 is 2.28 bits per heavy atom. The van der Waals surface area contributed by atoms with Crippen molar-refractivity contribution in [1.82, 2.24) is 9.78 Å². The largest absolute Gasteiger partial charge is 0.497 e. The van der Waals surface area contributed by atoms with Gasteiger partial charge in [0.2, 0.25) is 0 Å². The first kappa shape index (κ1) is 20.6. The third-order valence-corrected chi connectivity index (χ3v) is 4.81. The van der Waals surface area contributed by atoms with Crippen LogP contribution in [0.15, 0.2) is 96.6 Å². The molecule has 32 heavy (non-hydrogen) atoms. The van der Waals surface area contributed by atoms with Crippen LogP contribution in [-0.4, -0.2) is 22.8 Å². The molecule has 0 aliphatic carbocycles. The lowest BCUT2D eigenvalue weighted by Crippen LogP contribution is -2.16. The minimum Gasteiger partial charge on any atom is -0.497 e. The van der Waals surface area contributed by atoms with Crippen molar-refractivity contribution >= 4 is 17.8 Å². The topological polar surface area (TPSA) is 79.9 Å². The van der Waals surface area contributed by atoms with Crippen LogP contribution in [-0.2, 0) is 4.79 Å². The second kappa shape index (κ2) is 9.45. The van der Waals surface area contributed by atoms with Gasteiger partial charge in [-0.05, 0) is 35.9 Å². The van der Waals surface area contributed by atoms with Crippen molar-refractivity contribution in [2.24, 2.45) is 0 Å². The Kier molecular flexibility index (Phi) is 6.10. The highest BCUT2D eigenvalue weighted by atomic mass is 16.5. The molecule has 1 heterocycles. The maximum Gasteiger partial charge on any atom is 0.267 e. The number of ether oxygens (including phenoxy) is 1. The number of anilines is 1. The summed E-state index contributed by atoms with van der Waals surface area (Å²) in [5.74, 6) is 0.654. The molecule has 0 spiro atoms. The highest BCUT2D eigenvalue weighted by Crippen LogP contribution is 2.25. The maximum absolute atomic E-state index is 12.9. The lowest BCUT2D eigenvalue weighted by atomic mass is 10.1. The summed E-state index contributed by atoms with van der Waals surface area (Å²) in [5, 5.41) is 17.1. The molecule has 6 nitrogen and oxygen atoms in total. The molecule has 3 aromatic carbocycles. The molecule has 0 saturated heterocycles. The summed E-state index contributed by atoms with van der Waals surface area (Å²) in [4.78, 5) is 12.9. The standard InChI is InChI=1S/C26H20N4O2/c1-32-23-14-12-19(13-15-23)16-21(18-27)26(31)28-25-17-24(20-8-4-2-5-9-20)29-30(25)22-10-6-3-7-11-22/h2-17H,1H3,(H,28,31)/b21-16+. The molecule has 1 amide bonds. The van der Waals surface area contributed by atoms with Gasteiger partial charge in [-0.2, -0.15) is 10.4 Å². The van der Waals surface area contributed by atoms with Crippen molar-refractivity contribution in [2.45, 2.75) is 0 Å². The molecular weight excluding hydrogens is 400 g/mol. The van der Waals surface area contributed by atoms with Gasteiger partial charge in [0.25, 0.3) is 5.91 Å². The van der Waals surface area contributed by atoms with Crippen molar-refractivity contribution in [3.63, 3.8) is 0 Å². The number of benzene rings is 3. The summed E-state index contributed by atoms with van der Waals surface area (Å²) in [6.45, 7) is 0. The average molecular weight is 420 g/mol. The van der Waals surface area contributed by atoms with E-state index in [-0.39, 0.29) is 5.57 Å². The molecule has 4 aromatic rings. The van der Waals surface area contributed by atoms with Gasteiger partial charge in [0.05, 0.1) is 18.5 Å². The second-order valence-corrected chi connectivity index (χ2v) is 6.93. The summed E-state index contributed by atoms with van der Waals surface area (Å²) in [6, 6.07) is 30.1. The number of nitrogens with zero attached hydrogens (tertiary/aromatic N) is 3. The SMILES string of the molecule is COc1ccc(/C=C(\C#N)C(=O)Nc2cc(-c3ccccc3)nn2-c2ccccc2)cc1. The predicted molar refractivity (Wildman–Crippen MR) is 124 cm³/mol. The number of hydrogen-bond donors (Lipinski definition) is 1. The van der Waals surface area contributed by atoms with Crippen LogP contribution >= 0.6 is 0 Å². The zero-order chi connectivity index (χ0) is 22.3. The van der Waals surface area contributed by atoms with E-state index in [4.69, 9.17) is 4.74 Å². The van der Waals surface area contributed by atoms with Gasteiger partial charge in [-0.15, -0.1) is 0 Å². The monoisotopic (exact) mass is 420 g/mol. The number of nitrogens with one attached hydrogen (secondary N) is 1. The van der Waals surface area contributed by atoms with Crippen molar-refractivity contribution in [2.75, 3.05) is 12.4 Å². The van der Waals surface area contributed by atoms with Gasteiger partial charge < -0.3 is 10.1 Å². The molecule has 0 radical (unpaired) electrons. The molecule has 1 N–H and O–H groups in total. The normalized spacial score (nSPS) is 10.9. The van der Waals surface area contributed by atoms with E-state index in [0.717, 1.165) is 16.8 Å². The maximum atomic E-state index is 12.9. The fourth-order valence-corrected chi connectivity index (χ4v) is 3.19. The van der Waals surface area contributed by atoms with E-state index < -0.39 is 5.91 Å². The van der Waals surface area contributed by atoms with Gasteiger partial charge in [-0.3, -0.25) is 4.79 Å². The van der Waals surface area contributed by atoms with Crippen LogP contribution in [0.1, 0.15) is 5.56 Å². The van der Waals surface area contributed by atoms with E-state index in [1.54, 1.807) is 42.1 Å². The molecule has 156 valence electrons. The van der Waals surface area contributed by atoms with E-state index in [1.165, 1.54) is 6.08 Å². The van der Waals surface area contributed by atoms with E-state index in [1.807, 2.05) is 66.7 Å². The first-order chi connectivity index (χ1) is 15.7. The van der Waals surface area contributed by atoms with Gasteiger partial charge >= 0.3 is 0 Å². The van der Waals surface area contributed by atoms with E-state index in [0.29, 0.717) is 17.3 Å². The quantitative estimate of drug-likeness (QED) is 0.348. The number of aromatic nitrogens is 2. The number of methoxy groups -OCH3 is 1. The van der Waals surface area contributed by atoms with E-state index in [2.05, 4.69) is 10.4 Å². The molecule has 0 aliphatic rings. The molecule has 0 aliphatic heterocycles. The molecule has 6 heteroatoms. The first-order valence-corrected chi connectivity index (χ1v) is 9.96. The highest BCUT2D eigenvalue weighted by molar-refractivity contribution is 6.09. The minimum atomic E-state index is -0.514. The predicted octanol–water partition coefficient (Wildman–Crippen LogP) is 5.09. The summed E-state index contributed by atoms with van der Waals surface area (Å²) < 4.78 is 6.80. The van der Waals surface area contributed by atoms with Gasteiger partial charge in [-0.25, -0.2) is 4.68 Å². The summed E-state index contributed by atoms with van der Waals surface area (Å²) in [6.07, 6.45) is 1.54. The molecule has 0 saturated carbocycles. The fourth-order valence-electron chi connectivity index (χ4n) is 3.19. The molecule has 0 unspecified atom stereocenters. The second-order valence-electron chi connectivity index (χ2n) is 6.93. The molecule has 4 rings (SSSR count). The summed E-state index contributed by atoms with van der Waals surface area (Å²) in [5.41, 5.74) is 3.13. The molecule has 0 fully saturated rings. The van der Waals surface area contributed by atoms with Gasteiger partial charge in [-0.1, -0.05) is 60.7 Å². The Morgan fingerprint density at radius 1 is 1.00 bits per heavy atom. The Hall–Kier alpha value is -4.63. The molecule has 0 bridgehead atoms. The number of carbonyl (C=O) groups excluding carboxylic acids is 1. The van der Waals surface area contributed by atoms with Crippen molar-refractivity contribution < 1.29 is 9.53 Å². The number of carbonyl (C=O) groups is 1. The average Bonchev–Trinajstić information content (AvgIpc) is 3.27. The number of hydrogen-bond acceptors (Lipinski definition) is 4. The van der Waals surface area contributed by atoms with Gasteiger partial charge in [0.15, 0.2) is 0 Å². The van der Waals surface area contributed by atoms with Crippen LogP contribution < -0.4 is 10.1 Å². The van der Waals surface area contributed by atoms with E-state index >= 15 is 0 Å². The van der Waals surface area contributed by atoms with Crippen LogP contribution in [0.5, 0.6) is 5.75 Å². The smallest absolute Gasteiger partial charge is 0.267 e. The van der Waals surface area contributed by atoms with Crippen LogP contribution in [0.25, 0.3) is 23.0 Å². The molecule has 0 atom stereocenters. The number of rotatable bonds is 6. The lowest BCUT2D eigenvalue weighted by Gasteiger charge is -2.08. The van der Waals surface area contributed by atoms with Gasteiger partial charge in [0.1, 0.15) is 23.2 Å². The van der Waals surface area contributed by atoms with Gasteiger partial charge in [0, 0.05) is 11.6 Å². The Balaban J connectivity index is 1.67. The first-order valence-electron chi connectivity index (χ1n) is 9.96. The number of para-hydroxylation sites is 1. The van der Waals surface area contributed by atoms with Crippen LogP contribution in [0.4, 0.5) is 5.82 Å². The Bertz CT molecular complexity index is 1290. The minimum absolute atomic E-state index is 0.0164. The van der Waals surface area contributed by atoms with Crippen LogP contribution in [0, 0.1) is 11.3 Å². The summed E-state index contributed by atoms with van der Waals surface area (Å²) >= 11 is 0. The van der Waals surface area contributed by atoms with Crippen LogP contribution in [0.2, 0.25) is 0 Å². The third-order valence-electron chi connectivity index (χ3n) is 4.81. The lowest BCUT2D eigenvalue weighted by molar-refractivity contribution is -0.112.